The molecule has 0 radical (unpaired) electrons. The molecule has 8 nitrogen and oxygen atoms in total. The van der Waals surface area contributed by atoms with Gasteiger partial charge in [-0.15, -0.1) is 0 Å². The predicted molar refractivity (Wildman–Crippen MR) is 268 cm³/mol. The number of unbranched alkanes of at least 4 members (excludes halogenated alkanes) is 12. The van der Waals surface area contributed by atoms with E-state index in [1.165, 1.54) is 77.0 Å². The van der Waals surface area contributed by atoms with Crippen molar-refractivity contribution in [3.05, 3.63) is 153 Å². The maximum Gasteiger partial charge on any atom is 0.336 e. The zero-order chi connectivity index (χ0) is 46.4. The van der Waals surface area contributed by atoms with Crippen molar-refractivity contribution in [2.75, 3.05) is 26.2 Å². The molecule has 0 spiro atoms. The van der Waals surface area contributed by atoms with Gasteiger partial charge in [0, 0.05) is 39.5 Å². The Morgan fingerprint density at radius 3 is 1.20 bits per heavy atom. The summed E-state index contributed by atoms with van der Waals surface area (Å²) in [5, 5.41) is 21.2. The number of aromatic carboxylic acids is 2. The van der Waals surface area contributed by atoms with Crippen LogP contribution in [0.15, 0.2) is 120 Å². The molecule has 0 bridgehead atoms. The SMILES string of the molecule is CCCCCCN(CCCCCC)C1C=CC2=C(c3ccccc3C(=O)O)c3cc4c(cc3OC2=C1)OC1=CC(N(CCCCCC)CCCCCC)C=CC1=C4c1ccccc1C(=O)O. The lowest BCUT2D eigenvalue weighted by Crippen LogP contribution is -2.36. The first kappa shape index (κ1) is 48.5. The number of allylic oxidation sites excluding steroid dienone is 2. The molecule has 0 saturated carbocycles. The molecule has 3 aromatic rings. The fraction of sp³-hybridized carbons (Fsp3) is 0.448. The highest BCUT2D eigenvalue weighted by atomic mass is 16.5. The lowest BCUT2D eigenvalue weighted by atomic mass is 9.81. The highest BCUT2D eigenvalue weighted by Gasteiger charge is 2.36. The topological polar surface area (TPSA) is 99.5 Å². The van der Waals surface area contributed by atoms with E-state index in [1.807, 2.05) is 36.4 Å². The Bertz CT molecular complexity index is 2200. The lowest BCUT2D eigenvalue weighted by Gasteiger charge is -2.35. The van der Waals surface area contributed by atoms with Crippen LogP contribution in [0, 0.1) is 0 Å². The fourth-order valence-electron chi connectivity index (χ4n) is 9.99. The van der Waals surface area contributed by atoms with Crippen LogP contribution in [0.4, 0.5) is 0 Å². The van der Waals surface area contributed by atoms with Crippen molar-refractivity contribution in [3.8, 4) is 11.5 Å². The number of carboxylic acid groups (broad SMARTS) is 2. The summed E-state index contributed by atoms with van der Waals surface area (Å²) in [6.07, 6.45) is 32.1. The minimum atomic E-state index is -1.01. The molecule has 0 amide bonds. The summed E-state index contributed by atoms with van der Waals surface area (Å²) < 4.78 is 14.0. The lowest BCUT2D eigenvalue weighted by molar-refractivity contribution is 0.0685. The third-order valence-corrected chi connectivity index (χ3v) is 13.6. The van der Waals surface area contributed by atoms with Crippen LogP contribution in [0.3, 0.4) is 0 Å². The van der Waals surface area contributed by atoms with Gasteiger partial charge in [-0.05, 0) is 93.3 Å². The first-order chi connectivity index (χ1) is 32.3. The molecule has 2 unspecified atom stereocenters. The van der Waals surface area contributed by atoms with Gasteiger partial charge in [0.2, 0.25) is 0 Å². The molecule has 2 atom stereocenters. The molecule has 8 heteroatoms. The molecule has 2 heterocycles. The van der Waals surface area contributed by atoms with Crippen molar-refractivity contribution in [1.82, 2.24) is 9.80 Å². The Morgan fingerprint density at radius 2 is 0.848 bits per heavy atom. The van der Waals surface area contributed by atoms with E-state index in [1.54, 1.807) is 24.3 Å². The number of ether oxygens (including phenoxy) is 2. The van der Waals surface area contributed by atoms with Gasteiger partial charge >= 0.3 is 11.9 Å². The number of hydrogen-bond donors (Lipinski definition) is 2. The first-order valence-corrected chi connectivity index (χ1v) is 25.2. The van der Waals surface area contributed by atoms with Gasteiger partial charge in [0.05, 0.1) is 23.2 Å². The predicted octanol–water partition coefficient (Wildman–Crippen LogP) is 14.0. The van der Waals surface area contributed by atoms with Crippen molar-refractivity contribution in [2.45, 2.75) is 143 Å². The van der Waals surface area contributed by atoms with Gasteiger partial charge in [-0.1, -0.05) is 165 Å². The number of carboxylic acids is 2. The second kappa shape index (κ2) is 23.8. The molecular weight excluding hydrogens is 821 g/mol. The monoisotopic (exact) mass is 893 g/mol. The molecule has 66 heavy (non-hydrogen) atoms. The van der Waals surface area contributed by atoms with Crippen LogP contribution in [0.1, 0.15) is 173 Å². The maximum absolute atomic E-state index is 13.0. The maximum atomic E-state index is 13.0. The van der Waals surface area contributed by atoms with E-state index in [2.05, 4.69) is 74.0 Å². The van der Waals surface area contributed by atoms with Crippen molar-refractivity contribution in [1.29, 1.82) is 0 Å². The first-order valence-electron chi connectivity index (χ1n) is 25.2. The fourth-order valence-corrected chi connectivity index (χ4v) is 9.99. The number of hydrogen-bond acceptors (Lipinski definition) is 6. The highest BCUT2D eigenvalue weighted by Crippen LogP contribution is 2.51. The minimum absolute atomic E-state index is 0.0195. The van der Waals surface area contributed by atoms with Crippen LogP contribution in [-0.2, 0) is 0 Å². The summed E-state index contributed by atoms with van der Waals surface area (Å²) in [5.41, 5.74) is 6.16. The average molecular weight is 893 g/mol. The summed E-state index contributed by atoms with van der Waals surface area (Å²) in [6.45, 7) is 13.0. The molecule has 0 aromatic heterocycles. The molecule has 4 aliphatic rings. The molecule has 2 aliphatic carbocycles. The van der Waals surface area contributed by atoms with Crippen molar-refractivity contribution in [2.24, 2.45) is 0 Å². The van der Waals surface area contributed by atoms with Crippen LogP contribution >= 0.6 is 0 Å². The number of rotatable bonds is 26. The molecule has 3 aromatic carbocycles. The van der Waals surface area contributed by atoms with Crippen LogP contribution in [0.5, 0.6) is 11.5 Å². The molecular formula is C58H72N2O6. The van der Waals surface area contributed by atoms with Crippen LogP contribution in [0.2, 0.25) is 0 Å². The van der Waals surface area contributed by atoms with Gasteiger partial charge < -0.3 is 19.7 Å². The molecule has 350 valence electrons. The number of benzene rings is 3. The average Bonchev–Trinajstić information content (AvgIpc) is 3.33. The van der Waals surface area contributed by atoms with Crippen molar-refractivity contribution in [3.63, 3.8) is 0 Å². The summed E-state index contributed by atoms with van der Waals surface area (Å²) in [4.78, 5) is 31.1. The summed E-state index contributed by atoms with van der Waals surface area (Å²) in [7, 11) is 0. The Balaban J connectivity index is 1.36. The quantitative estimate of drug-likeness (QED) is 0.0769. The summed E-state index contributed by atoms with van der Waals surface area (Å²) in [6, 6.07) is 18.4. The van der Waals surface area contributed by atoms with Gasteiger partial charge in [-0.2, -0.15) is 0 Å². The number of fused-ring (bicyclic) bond motifs is 4. The van der Waals surface area contributed by atoms with E-state index < -0.39 is 11.9 Å². The minimum Gasteiger partial charge on any atom is -0.478 e. The van der Waals surface area contributed by atoms with E-state index in [-0.39, 0.29) is 23.2 Å². The molecule has 2 N–H and O–H groups in total. The third-order valence-electron chi connectivity index (χ3n) is 13.6. The molecule has 2 aliphatic heterocycles. The second-order valence-corrected chi connectivity index (χ2v) is 18.4. The van der Waals surface area contributed by atoms with Gasteiger partial charge in [0.25, 0.3) is 0 Å². The largest absolute Gasteiger partial charge is 0.478 e. The Hall–Kier alpha value is -5.44. The van der Waals surface area contributed by atoms with Gasteiger partial charge in [0.1, 0.15) is 23.0 Å². The summed E-state index contributed by atoms with van der Waals surface area (Å²) >= 11 is 0. The Kier molecular flexibility index (Phi) is 17.5. The van der Waals surface area contributed by atoms with Crippen molar-refractivity contribution < 1.29 is 29.3 Å². The Labute approximate surface area is 394 Å². The Morgan fingerprint density at radius 1 is 0.485 bits per heavy atom. The van der Waals surface area contributed by atoms with Gasteiger partial charge in [-0.3, -0.25) is 9.80 Å². The third kappa shape index (κ3) is 11.4. The van der Waals surface area contributed by atoms with E-state index in [9.17, 15) is 19.8 Å². The molecule has 0 fully saturated rings. The van der Waals surface area contributed by atoms with Crippen molar-refractivity contribution >= 4 is 23.1 Å². The van der Waals surface area contributed by atoms with Crippen LogP contribution < -0.4 is 9.47 Å². The zero-order valence-electron chi connectivity index (χ0n) is 40.0. The summed E-state index contributed by atoms with van der Waals surface area (Å²) in [5.74, 6) is 0.501. The van der Waals surface area contributed by atoms with E-state index in [4.69, 9.17) is 9.47 Å². The zero-order valence-corrected chi connectivity index (χ0v) is 40.0. The highest BCUT2D eigenvalue weighted by molar-refractivity contribution is 6.04. The second-order valence-electron chi connectivity index (χ2n) is 18.4. The number of nitrogens with zero attached hydrogens (tertiary/aromatic N) is 2. The molecule has 0 saturated heterocycles. The van der Waals surface area contributed by atoms with Gasteiger partial charge in [0.15, 0.2) is 0 Å². The van der Waals surface area contributed by atoms with E-state index in [0.717, 1.165) is 85.3 Å². The smallest absolute Gasteiger partial charge is 0.336 e. The standard InChI is InChI=1S/C58H72N2O6/c1-5-9-13-21-33-59(34-22-14-10-6-2)41-29-31-47-51(37-41)65-53-40-54-50(39-49(53)55(47)43-25-17-19-27-45(43)57(61)62)56(44-26-18-20-28-46(44)58(63)64)48-32-30-42(38-52(48)66-54)60(35-23-15-11-7-3)36-24-16-12-8-4/h17-20,25-32,37-42H,5-16,21-24,33-36H2,1-4H3,(H,61,62)(H,63,64). The van der Waals surface area contributed by atoms with E-state index >= 15 is 0 Å². The normalized spacial score (nSPS) is 17.2. The van der Waals surface area contributed by atoms with Crippen LogP contribution in [-0.4, -0.2) is 70.2 Å². The molecule has 7 rings (SSSR count). The number of carbonyl (C=O) groups is 2. The van der Waals surface area contributed by atoms with E-state index in [0.29, 0.717) is 34.1 Å². The van der Waals surface area contributed by atoms with Gasteiger partial charge in [-0.25, -0.2) is 9.59 Å². The van der Waals surface area contributed by atoms with Crippen LogP contribution in [0.25, 0.3) is 11.1 Å².